The molecule has 3 aromatic carbocycles. The highest BCUT2D eigenvalue weighted by molar-refractivity contribution is 5.86. The number of carbonyl (C=O) groups is 3. The smallest absolute Gasteiger partial charge is 0.303 e. The molecule has 0 saturated carbocycles. The molecule has 0 radical (unpaired) electrons. The molecule has 0 unspecified atom stereocenters. The van der Waals surface area contributed by atoms with E-state index in [2.05, 4.69) is 0 Å². The van der Waals surface area contributed by atoms with Crippen LogP contribution in [0.4, 0.5) is 0 Å². The lowest BCUT2D eigenvalue weighted by atomic mass is 9.82. The molecule has 0 aromatic heterocycles. The molecule has 6 atom stereocenters. The first-order valence-corrected chi connectivity index (χ1v) is 15.0. The molecule has 9 nitrogen and oxygen atoms in total. The summed E-state index contributed by atoms with van der Waals surface area (Å²) < 4.78 is 30.4. The van der Waals surface area contributed by atoms with E-state index in [4.69, 9.17) is 23.7 Å². The number of hydrogen-bond donors (Lipinski definition) is 0. The molecule has 9 heteroatoms. The number of ether oxygens (including phenoxy) is 5. The van der Waals surface area contributed by atoms with Gasteiger partial charge >= 0.3 is 11.9 Å². The van der Waals surface area contributed by atoms with Gasteiger partial charge in [-0.15, -0.1) is 0 Å². The lowest BCUT2D eigenvalue weighted by molar-refractivity contribution is -0.210. The van der Waals surface area contributed by atoms with Crippen LogP contribution < -0.4 is 0 Å². The lowest BCUT2D eigenvalue weighted by Crippen LogP contribution is -2.69. The van der Waals surface area contributed by atoms with Crippen LogP contribution in [0.2, 0.25) is 0 Å². The predicted octanol–water partition coefficient (Wildman–Crippen LogP) is 4.61. The van der Waals surface area contributed by atoms with Gasteiger partial charge in [-0.2, -0.15) is 0 Å². The average Bonchev–Trinajstić information content (AvgIpc) is 3.02. The quantitative estimate of drug-likeness (QED) is 0.278. The van der Waals surface area contributed by atoms with Crippen LogP contribution in [-0.4, -0.2) is 65.9 Å². The van der Waals surface area contributed by atoms with Crippen LogP contribution in [0.1, 0.15) is 43.4 Å². The number of benzene rings is 3. The summed E-state index contributed by atoms with van der Waals surface area (Å²) in [5.74, 6) is -1.62. The summed E-state index contributed by atoms with van der Waals surface area (Å²) in [5, 5.41) is 0. The lowest BCUT2D eigenvalue weighted by Gasteiger charge is -2.53. The maximum absolute atomic E-state index is 14.1. The van der Waals surface area contributed by atoms with Gasteiger partial charge in [-0.25, -0.2) is 0 Å². The second-order valence-corrected chi connectivity index (χ2v) is 11.2. The van der Waals surface area contributed by atoms with Gasteiger partial charge in [0.15, 0.2) is 0 Å². The average molecular weight is 602 g/mol. The highest BCUT2D eigenvalue weighted by Gasteiger charge is 2.54. The molecular formula is C35H39NO8. The molecule has 3 aromatic rings. The van der Waals surface area contributed by atoms with Gasteiger partial charge in [-0.3, -0.25) is 14.4 Å². The molecule has 232 valence electrons. The van der Waals surface area contributed by atoms with E-state index in [1.54, 1.807) is 4.90 Å². The molecule has 2 heterocycles. The van der Waals surface area contributed by atoms with Crippen LogP contribution in [-0.2, 0) is 57.9 Å². The van der Waals surface area contributed by atoms with Crippen LogP contribution in [0.25, 0.3) is 0 Å². The zero-order chi connectivity index (χ0) is 30.9. The Morgan fingerprint density at radius 1 is 0.682 bits per heavy atom. The predicted molar refractivity (Wildman–Crippen MR) is 161 cm³/mol. The Bertz CT molecular complexity index is 1370. The van der Waals surface area contributed by atoms with Gasteiger partial charge in [-0.05, 0) is 23.1 Å². The van der Waals surface area contributed by atoms with E-state index in [1.807, 2.05) is 91.0 Å². The molecule has 0 spiro atoms. The van der Waals surface area contributed by atoms with E-state index in [0.717, 1.165) is 16.7 Å². The van der Waals surface area contributed by atoms with Crippen LogP contribution in [0, 0.1) is 0 Å². The number of rotatable bonds is 12. The fourth-order valence-electron chi connectivity index (χ4n) is 6.04. The molecule has 0 aliphatic carbocycles. The fraction of sp³-hybridized carbons (Fsp3) is 0.400. The first kappa shape index (κ1) is 31.4. The Morgan fingerprint density at radius 2 is 1.18 bits per heavy atom. The van der Waals surface area contributed by atoms with Gasteiger partial charge < -0.3 is 28.6 Å². The Balaban J connectivity index is 1.46. The Hall–Kier alpha value is -4.05. The summed E-state index contributed by atoms with van der Waals surface area (Å²) >= 11 is 0. The van der Waals surface area contributed by atoms with Crippen molar-refractivity contribution in [1.82, 2.24) is 4.90 Å². The minimum atomic E-state index is -1.26. The van der Waals surface area contributed by atoms with Gasteiger partial charge in [-0.1, -0.05) is 91.0 Å². The van der Waals surface area contributed by atoms with E-state index >= 15 is 0 Å². The van der Waals surface area contributed by atoms with Crippen LogP contribution in [0.5, 0.6) is 0 Å². The number of hydrogen-bond acceptors (Lipinski definition) is 8. The van der Waals surface area contributed by atoms with E-state index in [1.165, 1.54) is 13.8 Å². The molecule has 2 aliphatic rings. The Kier molecular flexibility index (Phi) is 10.8. The van der Waals surface area contributed by atoms with Crippen molar-refractivity contribution in [2.45, 2.75) is 83.0 Å². The van der Waals surface area contributed by atoms with Gasteiger partial charge in [0.05, 0.1) is 38.6 Å². The molecule has 1 amide bonds. The second kappa shape index (κ2) is 15.1. The van der Waals surface area contributed by atoms with Crippen molar-refractivity contribution < 1.29 is 38.1 Å². The highest BCUT2D eigenvalue weighted by atomic mass is 16.6. The summed E-state index contributed by atoms with van der Waals surface area (Å²) in [6.45, 7) is 3.68. The molecule has 2 aliphatic heterocycles. The van der Waals surface area contributed by atoms with Crippen LogP contribution >= 0.6 is 0 Å². The Morgan fingerprint density at radius 3 is 1.73 bits per heavy atom. The molecule has 0 bridgehead atoms. The first-order chi connectivity index (χ1) is 21.4. The van der Waals surface area contributed by atoms with Gasteiger partial charge in [0.25, 0.3) is 5.91 Å². The number of esters is 2. The largest absolute Gasteiger partial charge is 0.458 e. The summed E-state index contributed by atoms with van der Waals surface area (Å²) in [6, 6.07) is 28.6. The highest BCUT2D eigenvalue weighted by Crippen LogP contribution is 2.37. The number of piperidine rings is 2. The van der Waals surface area contributed by atoms with Crippen molar-refractivity contribution in [3.8, 4) is 0 Å². The Labute approximate surface area is 258 Å². The van der Waals surface area contributed by atoms with E-state index < -0.39 is 48.3 Å². The summed E-state index contributed by atoms with van der Waals surface area (Å²) in [7, 11) is 0. The number of amides is 1. The standard InChI is InChI=1S/C35H39NO8/c1-24(37)43-32-19-29-18-31(41-21-27-14-8-4-9-15-27)33(42-22-28-16-10-5-11-17-28)30(23-40-20-26-12-6-3-7-13-26)36(29)35(39)34(32)44-25(2)38/h3-17,29-34H,18-23H2,1-2H3/t29-,30+,31-,32-,33-,34-/m1/s1. The normalized spacial score (nSPS) is 24.8. The van der Waals surface area contributed by atoms with E-state index in [9.17, 15) is 14.4 Å². The monoisotopic (exact) mass is 601 g/mol. The van der Waals surface area contributed by atoms with E-state index in [0.29, 0.717) is 26.2 Å². The van der Waals surface area contributed by atoms with Crippen LogP contribution in [0.3, 0.4) is 0 Å². The summed E-state index contributed by atoms with van der Waals surface area (Å²) in [5.41, 5.74) is 3.00. The van der Waals surface area contributed by atoms with Crippen molar-refractivity contribution in [1.29, 1.82) is 0 Å². The van der Waals surface area contributed by atoms with Crippen molar-refractivity contribution in [3.05, 3.63) is 108 Å². The fourth-order valence-corrected chi connectivity index (χ4v) is 6.04. The van der Waals surface area contributed by atoms with Crippen molar-refractivity contribution in [3.63, 3.8) is 0 Å². The minimum Gasteiger partial charge on any atom is -0.458 e. The molecule has 2 saturated heterocycles. The number of nitrogens with zero attached hydrogens (tertiary/aromatic N) is 1. The summed E-state index contributed by atoms with van der Waals surface area (Å²) in [4.78, 5) is 39.9. The van der Waals surface area contributed by atoms with E-state index in [-0.39, 0.29) is 19.1 Å². The second-order valence-electron chi connectivity index (χ2n) is 11.2. The summed E-state index contributed by atoms with van der Waals surface area (Å²) in [6.07, 6.45) is -2.40. The zero-order valence-electron chi connectivity index (χ0n) is 25.1. The molecule has 2 fully saturated rings. The van der Waals surface area contributed by atoms with Crippen LogP contribution in [0.15, 0.2) is 91.0 Å². The maximum atomic E-state index is 14.1. The minimum absolute atomic E-state index is 0.160. The SMILES string of the molecule is CC(=O)O[C@@H]1C[C@H]2C[C@@H](OCc3ccccc3)[C@H](OCc3ccccc3)[C@H](COCc3ccccc3)N2C(=O)[C@@H]1OC(C)=O. The first-order valence-electron chi connectivity index (χ1n) is 15.0. The van der Waals surface area contributed by atoms with Crippen molar-refractivity contribution >= 4 is 17.8 Å². The molecule has 44 heavy (non-hydrogen) atoms. The third kappa shape index (κ3) is 8.11. The van der Waals surface area contributed by atoms with Gasteiger partial charge in [0, 0.05) is 26.3 Å². The zero-order valence-corrected chi connectivity index (χ0v) is 25.1. The third-order valence-electron chi connectivity index (χ3n) is 7.94. The molecule has 5 rings (SSSR count). The molecular weight excluding hydrogens is 562 g/mol. The topological polar surface area (TPSA) is 101 Å². The van der Waals surface area contributed by atoms with Gasteiger partial charge in [0.2, 0.25) is 6.10 Å². The number of carbonyl (C=O) groups excluding carboxylic acids is 3. The number of fused-ring (bicyclic) bond motifs is 1. The van der Waals surface area contributed by atoms with Crippen molar-refractivity contribution in [2.24, 2.45) is 0 Å². The van der Waals surface area contributed by atoms with Gasteiger partial charge in [0.1, 0.15) is 12.2 Å². The molecule has 0 N–H and O–H groups in total. The third-order valence-corrected chi connectivity index (χ3v) is 7.94. The van der Waals surface area contributed by atoms with Crippen molar-refractivity contribution in [2.75, 3.05) is 6.61 Å². The maximum Gasteiger partial charge on any atom is 0.303 e.